The van der Waals surface area contributed by atoms with E-state index in [1.54, 1.807) is 0 Å². The number of nitrogens with one attached hydrogen (secondary N) is 1. The van der Waals surface area contributed by atoms with E-state index in [1.165, 1.54) is 0 Å². The molecule has 17 heavy (non-hydrogen) atoms. The highest BCUT2D eigenvalue weighted by Gasteiger charge is 2.25. The predicted molar refractivity (Wildman–Crippen MR) is 74.0 cm³/mol. The fourth-order valence-corrected chi connectivity index (χ4v) is 2.47. The smallest absolute Gasteiger partial charge is 0.306 e. The Morgan fingerprint density at radius 3 is 2.59 bits per heavy atom. The summed E-state index contributed by atoms with van der Waals surface area (Å²) >= 11 is 2.22. The first-order valence-corrected chi connectivity index (χ1v) is 6.84. The summed E-state index contributed by atoms with van der Waals surface area (Å²) in [6.07, 6.45) is 5.16. The lowest BCUT2D eigenvalue weighted by molar-refractivity contribution is -0.142. The Morgan fingerprint density at radius 2 is 2.06 bits per heavy atom. The first-order valence-electron chi connectivity index (χ1n) is 5.76. The molecule has 1 aliphatic carbocycles. The monoisotopic (exact) mass is 346 g/mol. The molecule has 1 fully saturated rings. The molecule has 0 radical (unpaired) electrons. The molecule has 92 valence electrons. The number of anilines is 1. The zero-order valence-corrected chi connectivity index (χ0v) is 11.6. The Kier molecular flexibility index (Phi) is 4.20. The van der Waals surface area contributed by atoms with E-state index in [9.17, 15) is 4.79 Å². The van der Waals surface area contributed by atoms with E-state index in [2.05, 4.69) is 32.9 Å². The summed E-state index contributed by atoms with van der Waals surface area (Å²) in [5.41, 5.74) is 0. The van der Waals surface area contributed by atoms with Crippen LogP contribution in [0.4, 0.5) is 5.82 Å². The summed E-state index contributed by atoms with van der Waals surface area (Å²) in [4.78, 5) is 15.1. The fourth-order valence-electron chi connectivity index (χ4n) is 2.16. The first-order chi connectivity index (χ1) is 8.15. The van der Waals surface area contributed by atoms with Gasteiger partial charge in [-0.1, -0.05) is 0 Å². The van der Waals surface area contributed by atoms with Gasteiger partial charge in [-0.3, -0.25) is 4.79 Å². The maximum absolute atomic E-state index is 10.8. The third-order valence-electron chi connectivity index (χ3n) is 3.16. The normalized spacial score (nSPS) is 24.3. The summed E-state index contributed by atoms with van der Waals surface area (Å²) in [5, 5.41) is 12.3. The molecule has 0 bridgehead atoms. The minimum Gasteiger partial charge on any atom is -0.481 e. The molecule has 2 rings (SSSR count). The molecule has 1 heterocycles. The van der Waals surface area contributed by atoms with E-state index in [0.29, 0.717) is 6.04 Å². The summed E-state index contributed by atoms with van der Waals surface area (Å²) in [7, 11) is 0. The largest absolute Gasteiger partial charge is 0.481 e. The van der Waals surface area contributed by atoms with Gasteiger partial charge in [-0.15, -0.1) is 0 Å². The van der Waals surface area contributed by atoms with Gasteiger partial charge >= 0.3 is 5.97 Å². The SMILES string of the molecule is O=C(O)C1CCC(Nc2ccc(I)cn2)CC1. The number of hydrogen-bond donors (Lipinski definition) is 2. The van der Waals surface area contributed by atoms with Gasteiger partial charge in [-0.25, -0.2) is 4.98 Å². The van der Waals surface area contributed by atoms with Crippen LogP contribution in [0, 0.1) is 9.49 Å². The lowest BCUT2D eigenvalue weighted by Crippen LogP contribution is -2.29. The topological polar surface area (TPSA) is 62.2 Å². The number of carboxylic acids is 1. The van der Waals surface area contributed by atoms with Crippen molar-refractivity contribution in [3.8, 4) is 0 Å². The number of rotatable bonds is 3. The van der Waals surface area contributed by atoms with Crippen molar-refractivity contribution in [1.29, 1.82) is 0 Å². The zero-order chi connectivity index (χ0) is 12.3. The average Bonchev–Trinajstić information content (AvgIpc) is 2.33. The predicted octanol–water partition coefficient (Wildman–Crippen LogP) is 2.74. The van der Waals surface area contributed by atoms with E-state index in [0.717, 1.165) is 35.1 Å². The molecule has 0 spiro atoms. The average molecular weight is 346 g/mol. The van der Waals surface area contributed by atoms with Gasteiger partial charge in [0.15, 0.2) is 0 Å². The second-order valence-corrected chi connectivity index (χ2v) is 5.64. The highest BCUT2D eigenvalue weighted by atomic mass is 127. The highest BCUT2D eigenvalue weighted by molar-refractivity contribution is 14.1. The van der Waals surface area contributed by atoms with Crippen LogP contribution >= 0.6 is 22.6 Å². The van der Waals surface area contributed by atoms with Gasteiger partial charge in [-0.2, -0.15) is 0 Å². The summed E-state index contributed by atoms with van der Waals surface area (Å²) in [5.74, 6) is 0.0674. The molecule has 0 amide bonds. The first kappa shape index (κ1) is 12.6. The Bertz CT molecular complexity index is 386. The molecule has 1 aromatic heterocycles. The number of aromatic nitrogens is 1. The molecule has 1 saturated carbocycles. The molecular formula is C12H15IN2O2. The van der Waals surface area contributed by atoms with E-state index in [1.807, 2.05) is 18.3 Å². The molecular weight excluding hydrogens is 331 g/mol. The van der Waals surface area contributed by atoms with Crippen molar-refractivity contribution in [3.63, 3.8) is 0 Å². The molecule has 5 heteroatoms. The van der Waals surface area contributed by atoms with Crippen LogP contribution in [0.5, 0.6) is 0 Å². The van der Waals surface area contributed by atoms with Gasteiger partial charge in [0.2, 0.25) is 0 Å². The second kappa shape index (κ2) is 5.66. The Morgan fingerprint density at radius 1 is 1.35 bits per heavy atom. The molecule has 0 unspecified atom stereocenters. The minimum atomic E-state index is -0.657. The number of hydrogen-bond acceptors (Lipinski definition) is 3. The maximum atomic E-state index is 10.8. The quantitative estimate of drug-likeness (QED) is 0.827. The number of nitrogens with zero attached hydrogens (tertiary/aromatic N) is 1. The van der Waals surface area contributed by atoms with Crippen LogP contribution in [0.25, 0.3) is 0 Å². The number of carboxylic acid groups (broad SMARTS) is 1. The van der Waals surface area contributed by atoms with Crippen LogP contribution in [0.3, 0.4) is 0 Å². The van der Waals surface area contributed by atoms with Crippen LogP contribution in [0.15, 0.2) is 18.3 Å². The Labute approximate surface area is 114 Å². The molecule has 4 nitrogen and oxygen atoms in total. The van der Waals surface area contributed by atoms with Crippen LogP contribution in [0.1, 0.15) is 25.7 Å². The van der Waals surface area contributed by atoms with Crippen LogP contribution in [-0.4, -0.2) is 22.1 Å². The molecule has 1 aliphatic rings. The van der Waals surface area contributed by atoms with Crippen molar-refractivity contribution in [1.82, 2.24) is 4.98 Å². The molecule has 1 aromatic rings. The van der Waals surface area contributed by atoms with Crippen molar-refractivity contribution in [2.24, 2.45) is 5.92 Å². The molecule has 0 aromatic carbocycles. The minimum absolute atomic E-state index is 0.155. The van der Waals surface area contributed by atoms with Crippen LogP contribution < -0.4 is 5.32 Å². The Hall–Kier alpha value is -0.850. The van der Waals surface area contributed by atoms with Crippen molar-refractivity contribution in [2.75, 3.05) is 5.32 Å². The molecule has 0 saturated heterocycles. The lowest BCUT2D eigenvalue weighted by Gasteiger charge is -2.27. The molecule has 0 atom stereocenters. The number of pyridine rings is 1. The summed E-state index contributed by atoms with van der Waals surface area (Å²) in [6, 6.07) is 4.34. The third kappa shape index (κ3) is 3.55. The highest BCUT2D eigenvalue weighted by Crippen LogP contribution is 2.26. The van der Waals surface area contributed by atoms with Crippen molar-refractivity contribution in [3.05, 3.63) is 21.9 Å². The zero-order valence-electron chi connectivity index (χ0n) is 9.40. The van der Waals surface area contributed by atoms with E-state index < -0.39 is 5.97 Å². The van der Waals surface area contributed by atoms with E-state index >= 15 is 0 Å². The van der Waals surface area contributed by atoms with Gasteiger partial charge in [0.1, 0.15) is 5.82 Å². The van der Waals surface area contributed by atoms with Crippen molar-refractivity contribution < 1.29 is 9.90 Å². The van der Waals surface area contributed by atoms with Gasteiger partial charge < -0.3 is 10.4 Å². The summed E-state index contributed by atoms with van der Waals surface area (Å²) in [6.45, 7) is 0. The molecule has 2 N–H and O–H groups in total. The standard InChI is InChI=1S/C12H15IN2O2/c13-9-3-6-11(14-7-9)15-10-4-1-8(2-5-10)12(16)17/h3,6-8,10H,1-2,4-5H2,(H,14,15)(H,16,17). The Balaban J connectivity index is 1.85. The number of halogens is 1. The van der Waals surface area contributed by atoms with Gasteiger partial charge in [0.05, 0.1) is 5.92 Å². The fraction of sp³-hybridized carbons (Fsp3) is 0.500. The number of carbonyl (C=O) groups is 1. The maximum Gasteiger partial charge on any atom is 0.306 e. The van der Waals surface area contributed by atoms with Gasteiger partial charge in [0, 0.05) is 15.8 Å². The molecule has 0 aliphatic heterocycles. The third-order valence-corrected chi connectivity index (χ3v) is 3.79. The van der Waals surface area contributed by atoms with Gasteiger partial charge in [0.25, 0.3) is 0 Å². The van der Waals surface area contributed by atoms with Crippen LogP contribution in [-0.2, 0) is 4.79 Å². The summed E-state index contributed by atoms with van der Waals surface area (Å²) < 4.78 is 1.11. The van der Waals surface area contributed by atoms with Gasteiger partial charge in [-0.05, 0) is 60.4 Å². The van der Waals surface area contributed by atoms with E-state index in [4.69, 9.17) is 5.11 Å². The van der Waals surface area contributed by atoms with Crippen molar-refractivity contribution >= 4 is 34.4 Å². The second-order valence-electron chi connectivity index (χ2n) is 4.39. The number of aliphatic carboxylic acids is 1. The van der Waals surface area contributed by atoms with Crippen molar-refractivity contribution in [2.45, 2.75) is 31.7 Å². The van der Waals surface area contributed by atoms with E-state index in [-0.39, 0.29) is 5.92 Å². The lowest BCUT2D eigenvalue weighted by atomic mass is 9.86. The van der Waals surface area contributed by atoms with Crippen LogP contribution in [0.2, 0.25) is 0 Å².